The molecule has 4 aliphatic rings. The maximum Gasteiger partial charge on any atom is 0.231 e. The highest BCUT2D eigenvalue weighted by atomic mass is 16.5. The standard InChI is InChI=1S/C33H32N4O2/c1-20-6-4-7-22-8-5-10-26(30(20)22)23-16-28-31-29(17-23)39-19-24-18-34-14-15-36(24)32(31)35-33(38)37(28)27-11-3-2-9-25(27)21-12-13-21/h2-11,16-17,21,24,33-34,38H,12-15,18-19H2,1H3. The molecule has 2 N–H and O–H groups in total. The molecular weight excluding hydrogens is 484 g/mol. The number of hydrogen-bond acceptors (Lipinski definition) is 6. The second-order valence-electron chi connectivity index (χ2n) is 11.2. The molecule has 0 amide bonds. The molecular formula is C33H32N4O2. The molecule has 2 fully saturated rings. The van der Waals surface area contributed by atoms with Crippen LogP contribution in [0.25, 0.3) is 21.9 Å². The number of aliphatic imine (C=N–C) groups is 1. The largest absolute Gasteiger partial charge is 0.491 e. The number of benzene rings is 4. The van der Waals surface area contributed by atoms with Crippen molar-refractivity contribution in [3.63, 3.8) is 0 Å². The fourth-order valence-electron chi connectivity index (χ4n) is 6.70. The summed E-state index contributed by atoms with van der Waals surface area (Å²) in [5.41, 5.74) is 7.76. The van der Waals surface area contributed by atoms with Crippen molar-refractivity contribution in [2.75, 3.05) is 31.1 Å². The van der Waals surface area contributed by atoms with Crippen molar-refractivity contribution in [1.82, 2.24) is 10.2 Å². The number of piperazine rings is 1. The molecule has 4 aromatic rings. The normalized spacial score (nSPS) is 22.1. The highest BCUT2D eigenvalue weighted by molar-refractivity contribution is 6.10. The zero-order valence-electron chi connectivity index (χ0n) is 22.1. The number of ether oxygens (including phenoxy) is 1. The van der Waals surface area contributed by atoms with Crippen molar-refractivity contribution in [2.45, 2.75) is 38.1 Å². The minimum Gasteiger partial charge on any atom is -0.491 e. The maximum atomic E-state index is 11.7. The molecule has 0 aromatic heterocycles. The Morgan fingerprint density at radius 2 is 1.82 bits per heavy atom. The van der Waals surface area contributed by atoms with Crippen LogP contribution in [0.4, 0.5) is 11.4 Å². The fraction of sp³-hybridized carbons (Fsp3) is 0.303. The van der Waals surface area contributed by atoms with Gasteiger partial charge in [-0.05, 0) is 76.9 Å². The molecule has 1 aliphatic carbocycles. The molecule has 39 heavy (non-hydrogen) atoms. The second kappa shape index (κ2) is 8.83. The first-order chi connectivity index (χ1) is 19.2. The Hall–Kier alpha value is -3.87. The number of aliphatic hydroxyl groups excluding tert-OH is 1. The van der Waals surface area contributed by atoms with Gasteiger partial charge in [-0.1, -0.05) is 54.6 Å². The molecule has 3 heterocycles. The van der Waals surface area contributed by atoms with Crippen molar-refractivity contribution >= 4 is 28.0 Å². The maximum absolute atomic E-state index is 11.7. The van der Waals surface area contributed by atoms with E-state index in [-0.39, 0.29) is 6.04 Å². The van der Waals surface area contributed by atoms with E-state index in [9.17, 15) is 5.11 Å². The lowest BCUT2D eigenvalue weighted by Crippen LogP contribution is -2.56. The molecule has 2 atom stereocenters. The molecule has 4 aromatic carbocycles. The van der Waals surface area contributed by atoms with Gasteiger partial charge in [0.2, 0.25) is 6.35 Å². The summed E-state index contributed by atoms with van der Waals surface area (Å²) in [5.74, 6) is 2.22. The zero-order chi connectivity index (χ0) is 26.1. The molecule has 6 nitrogen and oxygen atoms in total. The van der Waals surface area contributed by atoms with Gasteiger partial charge >= 0.3 is 0 Å². The first kappa shape index (κ1) is 23.1. The predicted molar refractivity (Wildman–Crippen MR) is 156 cm³/mol. The third-order valence-electron chi connectivity index (χ3n) is 8.72. The Labute approximate surface area is 228 Å². The summed E-state index contributed by atoms with van der Waals surface area (Å²) in [6.07, 6.45) is 1.36. The van der Waals surface area contributed by atoms with Crippen LogP contribution in [0, 0.1) is 6.92 Å². The molecule has 6 heteroatoms. The molecule has 0 radical (unpaired) electrons. The SMILES string of the molecule is Cc1cccc2cccc(-c3cc4c5c(c3)N(c3ccccc3C3CC3)C(O)N=C5N3CCNCC3CO4)c12. The van der Waals surface area contributed by atoms with Gasteiger partial charge < -0.3 is 20.1 Å². The van der Waals surface area contributed by atoms with E-state index in [1.54, 1.807) is 0 Å². The van der Waals surface area contributed by atoms with Gasteiger partial charge in [0.05, 0.1) is 17.3 Å². The summed E-state index contributed by atoms with van der Waals surface area (Å²) in [5, 5.41) is 17.7. The molecule has 0 spiro atoms. The predicted octanol–water partition coefficient (Wildman–Crippen LogP) is 5.53. The third kappa shape index (κ3) is 3.66. The summed E-state index contributed by atoms with van der Waals surface area (Å²) in [4.78, 5) is 9.33. The lowest BCUT2D eigenvalue weighted by atomic mass is 9.92. The number of para-hydroxylation sites is 1. The van der Waals surface area contributed by atoms with E-state index in [2.05, 4.69) is 89.9 Å². The molecule has 0 bridgehead atoms. The van der Waals surface area contributed by atoms with Gasteiger partial charge in [-0.2, -0.15) is 0 Å². The number of aryl methyl sites for hydroxylation is 1. The van der Waals surface area contributed by atoms with Crippen LogP contribution in [0.2, 0.25) is 0 Å². The quantitative estimate of drug-likeness (QED) is 0.375. The van der Waals surface area contributed by atoms with Gasteiger partial charge in [0.25, 0.3) is 0 Å². The van der Waals surface area contributed by atoms with Crippen molar-refractivity contribution in [3.05, 3.63) is 89.5 Å². The Morgan fingerprint density at radius 3 is 2.69 bits per heavy atom. The molecule has 8 rings (SSSR count). The van der Waals surface area contributed by atoms with E-state index in [1.165, 1.54) is 40.3 Å². The van der Waals surface area contributed by atoms with Crippen LogP contribution in [0.5, 0.6) is 5.75 Å². The van der Waals surface area contributed by atoms with E-state index >= 15 is 0 Å². The van der Waals surface area contributed by atoms with Crippen molar-refractivity contribution in [3.8, 4) is 16.9 Å². The van der Waals surface area contributed by atoms with Crippen molar-refractivity contribution in [1.29, 1.82) is 0 Å². The number of amidine groups is 1. The first-order valence-corrected chi connectivity index (χ1v) is 14.1. The summed E-state index contributed by atoms with van der Waals surface area (Å²) in [6.45, 7) is 5.31. The minimum absolute atomic E-state index is 0.165. The summed E-state index contributed by atoms with van der Waals surface area (Å²) < 4.78 is 6.61. The lowest BCUT2D eigenvalue weighted by Gasteiger charge is -2.41. The monoisotopic (exact) mass is 516 g/mol. The second-order valence-corrected chi connectivity index (χ2v) is 11.2. The van der Waals surface area contributed by atoms with Crippen molar-refractivity contribution < 1.29 is 9.84 Å². The number of nitrogens with one attached hydrogen (secondary N) is 1. The molecule has 1 saturated carbocycles. The number of rotatable bonds is 3. The van der Waals surface area contributed by atoms with E-state index in [1.807, 2.05) is 4.90 Å². The zero-order valence-corrected chi connectivity index (χ0v) is 22.1. The average molecular weight is 517 g/mol. The number of hydrogen-bond donors (Lipinski definition) is 2. The Morgan fingerprint density at radius 1 is 0.974 bits per heavy atom. The van der Waals surface area contributed by atoms with Gasteiger partial charge in [0, 0.05) is 25.3 Å². The minimum atomic E-state index is -1.02. The number of fused-ring (bicyclic) bond motifs is 3. The number of anilines is 2. The Bertz CT molecular complexity index is 1640. The van der Waals surface area contributed by atoms with E-state index in [0.29, 0.717) is 12.5 Å². The van der Waals surface area contributed by atoms with Gasteiger partial charge in [-0.15, -0.1) is 0 Å². The van der Waals surface area contributed by atoms with Crippen LogP contribution in [0.15, 0.2) is 77.8 Å². The topological polar surface area (TPSA) is 60.3 Å². The molecule has 196 valence electrons. The van der Waals surface area contributed by atoms with E-state index < -0.39 is 6.35 Å². The summed E-state index contributed by atoms with van der Waals surface area (Å²) in [6, 6.07) is 26.1. The van der Waals surface area contributed by atoms with Gasteiger partial charge in [0.15, 0.2) is 0 Å². The molecule has 2 unspecified atom stereocenters. The summed E-state index contributed by atoms with van der Waals surface area (Å²) >= 11 is 0. The third-order valence-corrected chi connectivity index (χ3v) is 8.72. The smallest absolute Gasteiger partial charge is 0.231 e. The van der Waals surface area contributed by atoms with Gasteiger partial charge in [-0.25, -0.2) is 4.99 Å². The Balaban J connectivity index is 1.40. The molecule has 3 aliphatic heterocycles. The Kier molecular flexibility index (Phi) is 5.22. The van der Waals surface area contributed by atoms with Gasteiger partial charge in [0.1, 0.15) is 18.2 Å². The van der Waals surface area contributed by atoms with Gasteiger partial charge in [-0.3, -0.25) is 4.90 Å². The van der Waals surface area contributed by atoms with Crippen LogP contribution >= 0.6 is 0 Å². The van der Waals surface area contributed by atoms with Crippen LogP contribution in [0.3, 0.4) is 0 Å². The highest BCUT2D eigenvalue weighted by Crippen LogP contribution is 2.50. The first-order valence-electron chi connectivity index (χ1n) is 14.1. The average Bonchev–Trinajstić information content (AvgIpc) is 3.82. The number of aliphatic hydroxyl groups is 1. The lowest BCUT2D eigenvalue weighted by molar-refractivity contribution is 0.169. The van der Waals surface area contributed by atoms with Crippen LogP contribution < -0.4 is 15.0 Å². The summed E-state index contributed by atoms with van der Waals surface area (Å²) in [7, 11) is 0. The molecule has 1 saturated heterocycles. The van der Waals surface area contributed by atoms with E-state index in [4.69, 9.17) is 9.73 Å². The van der Waals surface area contributed by atoms with Crippen LogP contribution in [-0.4, -0.2) is 54.5 Å². The van der Waals surface area contributed by atoms with Crippen LogP contribution in [-0.2, 0) is 0 Å². The van der Waals surface area contributed by atoms with Crippen molar-refractivity contribution in [2.24, 2.45) is 4.99 Å². The van der Waals surface area contributed by atoms with E-state index in [0.717, 1.165) is 53.7 Å². The highest BCUT2D eigenvalue weighted by Gasteiger charge is 2.40. The van der Waals surface area contributed by atoms with Crippen LogP contribution in [0.1, 0.15) is 35.4 Å². The number of nitrogens with zero attached hydrogens (tertiary/aromatic N) is 3. The fourth-order valence-corrected chi connectivity index (χ4v) is 6.70.